The molecular formula is C13H29N3. The van der Waals surface area contributed by atoms with Crippen LogP contribution in [0.4, 0.5) is 0 Å². The summed E-state index contributed by atoms with van der Waals surface area (Å²) in [7, 11) is 0. The molecule has 0 heterocycles. The lowest BCUT2D eigenvalue weighted by atomic mass is 10.1. The second-order valence-electron chi connectivity index (χ2n) is 4.86. The lowest BCUT2D eigenvalue weighted by Gasteiger charge is -2.41. The minimum absolute atomic E-state index is 0.130. The molecule has 0 bridgehead atoms. The summed E-state index contributed by atoms with van der Waals surface area (Å²) in [5, 5.41) is 0. The van der Waals surface area contributed by atoms with E-state index in [4.69, 9.17) is 0 Å². The van der Waals surface area contributed by atoms with Crippen LogP contribution in [-0.2, 0) is 0 Å². The van der Waals surface area contributed by atoms with Gasteiger partial charge in [0.1, 0.15) is 0 Å². The molecule has 0 aromatic heterocycles. The Balaban J connectivity index is 5.09. The third-order valence-corrected chi connectivity index (χ3v) is 2.71. The molecule has 96 valence electrons. The van der Waals surface area contributed by atoms with Crippen LogP contribution < -0.4 is 0 Å². The highest BCUT2D eigenvalue weighted by Gasteiger charge is 2.25. The van der Waals surface area contributed by atoms with Crippen LogP contribution in [0.15, 0.2) is 4.99 Å². The zero-order chi connectivity index (χ0) is 12.8. The van der Waals surface area contributed by atoms with E-state index in [-0.39, 0.29) is 5.54 Å². The van der Waals surface area contributed by atoms with Gasteiger partial charge in [-0.1, -0.05) is 0 Å². The Kier molecular flexibility index (Phi) is 6.46. The van der Waals surface area contributed by atoms with Crippen LogP contribution in [0.3, 0.4) is 0 Å². The van der Waals surface area contributed by atoms with E-state index in [0.29, 0.717) is 0 Å². The Morgan fingerprint density at radius 2 is 1.44 bits per heavy atom. The fraction of sp³-hybridized carbons (Fsp3) is 0.923. The van der Waals surface area contributed by atoms with E-state index < -0.39 is 0 Å². The summed E-state index contributed by atoms with van der Waals surface area (Å²) in [6.07, 6.45) is 0. The molecule has 3 nitrogen and oxygen atoms in total. The van der Waals surface area contributed by atoms with E-state index in [9.17, 15) is 0 Å². The molecule has 3 heteroatoms. The molecule has 0 N–H and O–H groups in total. The molecule has 0 saturated carbocycles. The summed E-state index contributed by atoms with van der Waals surface area (Å²) < 4.78 is 0. The average Bonchev–Trinajstić information content (AvgIpc) is 2.18. The zero-order valence-electron chi connectivity index (χ0n) is 12.2. The molecule has 0 aliphatic carbocycles. The first-order chi connectivity index (χ1) is 7.42. The first kappa shape index (κ1) is 15.3. The van der Waals surface area contributed by atoms with Gasteiger partial charge >= 0.3 is 0 Å². The van der Waals surface area contributed by atoms with Gasteiger partial charge in [-0.25, -0.2) is 0 Å². The third kappa shape index (κ3) is 4.03. The van der Waals surface area contributed by atoms with Crippen molar-refractivity contribution in [3.05, 3.63) is 0 Å². The third-order valence-electron chi connectivity index (χ3n) is 2.71. The highest BCUT2D eigenvalue weighted by atomic mass is 15.4. The van der Waals surface area contributed by atoms with Gasteiger partial charge in [-0.15, -0.1) is 0 Å². The predicted molar refractivity (Wildman–Crippen MR) is 73.0 cm³/mol. The van der Waals surface area contributed by atoms with Crippen LogP contribution in [0.5, 0.6) is 0 Å². The van der Waals surface area contributed by atoms with Gasteiger partial charge in [0.2, 0.25) is 0 Å². The van der Waals surface area contributed by atoms with Crippen molar-refractivity contribution in [2.24, 2.45) is 4.99 Å². The summed E-state index contributed by atoms with van der Waals surface area (Å²) in [5.74, 6) is 1.14. The molecular weight excluding hydrogens is 198 g/mol. The Bertz CT molecular complexity index is 212. The number of aliphatic imine (C=N–C) groups is 1. The SMILES string of the molecule is CC/N=C(\N(CC)CC)N(CC)C(C)(C)C. The zero-order valence-corrected chi connectivity index (χ0v) is 12.2. The smallest absolute Gasteiger partial charge is 0.196 e. The number of hydrogen-bond acceptors (Lipinski definition) is 1. The maximum atomic E-state index is 4.67. The molecule has 0 amide bonds. The first-order valence-corrected chi connectivity index (χ1v) is 6.49. The topological polar surface area (TPSA) is 18.8 Å². The molecule has 0 spiro atoms. The van der Waals surface area contributed by atoms with E-state index in [1.165, 1.54) is 0 Å². The van der Waals surface area contributed by atoms with Crippen LogP contribution in [0, 0.1) is 0 Å². The van der Waals surface area contributed by atoms with E-state index in [0.717, 1.165) is 32.1 Å². The predicted octanol–water partition coefficient (Wildman–Crippen LogP) is 2.82. The second-order valence-corrected chi connectivity index (χ2v) is 4.86. The highest BCUT2D eigenvalue weighted by Crippen LogP contribution is 2.15. The molecule has 0 aromatic carbocycles. The Hall–Kier alpha value is -0.730. The first-order valence-electron chi connectivity index (χ1n) is 6.49. The van der Waals surface area contributed by atoms with E-state index in [1.807, 2.05) is 0 Å². The van der Waals surface area contributed by atoms with Crippen molar-refractivity contribution in [3.8, 4) is 0 Å². The molecule has 0 rings (SSSR count). The number of hydrogen-bond donors (Lipinski definition) is 0. The summed E-state index contributed by atoms with van der Waals surface area (Å²) in [6, 6.07) is 0. The molecule has 0 atom stereocenters. The normalized spacial score (nSPS) is 12.8. The molecule has 0 saturated heterocycles. The number of guanidine groups is 1. The van der Waals surface area contributed by atoms with Gasteiger partial charge < -0.3 is 9.80 Å². The Morgan fingerprint density at radius 3 is 1.69 bits per heavy atom. The van der Waals surface area contributed by atoms with Gasteiger partial charge in [0, 0.05) is 31.7 Å². The van der Waals surface area contributed by atoms with Crippen molar-refractivity contribution in [2.75, 3.05) is 26.2 Å². The van der Waals surface area contributed by atoms with E-state index in [1.54, 1.807) is 0 Å². The van der Waals surface area contributed by atoms with Crippen LogP contribution in [0.1, 0.15) is 48.5 Å². The Morgan fingerprint density at radius 1 is 0.938 bits per heavy atom. The summed E-state index contributed by atoms with van der Waals surface area (Å²) in [4.78, 5) is 9.38. The van der Waals surface area contributed by atoms with E-state index in [2.05, 4.69) is 63.3 Å². The standard InChI is InChI=1S/C13H29N3/c1-8-14-12(15(9-2)10-3)16(11-4)13(5,6)7/h8-11H2,1-7H3/b14-12+. The molecule has 0 unspecified atom stereocenters. The Labute approximate surface area is 102 Å². The number of rotatable bonds is 4. The van der Waals surface area contributed by atoms with Gasteiger partial charge in [0.05, 0.1) is 0 Å². The summed E-state index contributed by atoms with van der Waals surface area (Å²) in [5.41, 5.74) is 0.130. The summed E-state index contributed by atoms with van der Waals surface area (Å²) in [6.45, 7) is 19.3. The fourth-order valence-electron chi connectivity index (χ4n) is 1.92. The molecule has 0 aliphatic rings. The van der Waals surface area contributed by atoms with Gasteiger partial charge in [0.25, 0.3) is 0 Å². The van der Waals surface area contributed by atoms with Crippen molar-refractivity contribution in [1.82, 2.24) is 9.80 Å². The summed E-state index contributed by atoms with van der Waals surface area (Å²) >= 11 is 0. The lowest BCUT2D eigenvalue weighted by Crippen LogP contribution is -2.52. The van der Waals surface area contributed by atoms with Crippen molar-refractivity contribution < 1.29 is 0 Å². The van der Waals surface area contributed by atoms with Crippen LogP contribution >= 0.6 is 0 Å². The lowest BCUT2D eigenvalue weighted by molar-refractivity contribution is 0.212. The molecule has 0 fully saturated rings. The highest BCUT2D eigenvalue weighted by molar-refractivity contribution is 5.80. The van der Waals surface area contributed by atoms with Crippen LogP contribution in [0.25, 0.3) is 0 Å². The molecule has 0 radical (unpaired) electrons. The van der Waals surface area contributed by atoms with Crippen LogP contribution in [0.2, 0.25) is 0 Å². The van der Waals surface area contributed by atoms with Crippen molar-refractivity contribution in [3.63, 3.8) is 0 Å². The molecule has 0 aliphatic heterocycles. The minimum atomic E-state index is 0.130. The average molecular weight is 227 g/mol. The van der Waals surface area contributed by atoms with Gasteiger partial charge in [-0.3, -0.25) is 4.99 Å². The van der Waals surface area contributed by atoms with E-state index >= 15 is 0 Å². The van der Waals surface area contributed by atoms with Crippen LogP contribution in [-0.4, -0.2) is 47.5 Å². The quantitative estimate of drug-likeness (QED) is 0.543. The maximum Gasteiger partial charge on any atom is 0.196 e. The van der Waals surface area contributed by atoms with Gasteiger partial charge in [0.15, 0.2) is 5.96 Å². The van der Waals surface area contributed by atoms with Crippen molar-refractivity contribution >= 4 is 5.96 Å². The van der Waals surface area contributed by atoms with Gasteiger partial charge in [-0.05, 0) is 48.5 Å². The molecule has 16 heavy (non-hydrogen) atoms. The molecule has 0 aromatic rings. The monoisotopic (exact) mass is 227 g/mol. The minimum Gasteiger partial charge on any atom is -0.343 e. The number of nitrogens with zero attached hydrogens (tertiary/aromatic N) is 3. The largest absolute Gasteiger partial charge is 0.343 e. The van der Waals surface area contributed by atoms with Gasteiger partial charge in [-0.2, -0.15) is 0 Å². The second kappa shape index (κ2) is 6.77. The fourth-order valence-corrected chi connectivity index (χ4v) is 1.92. The van der Waals surface area contributed by atoms with Crippen molar-refractivity contribution in [1.29, 1.82) is 0 Å². The van der Waals surface area contributed by atoms with Crippen molar-refractivity contribution in [2.45, 2.75) is 54.0 Å². The maximum absolute atomic E-state index is 4.67.